The Morgan fingerprint density at radius 1 is 1.15 bits per heavy atom. The van der Waals surface area contributed by atoms with Crippen LogP contribution in [-0.4, -0.2) is 61.0 Å². The van der Waals surface area contributed by atoms with Crippen LogP contribution in [0.3, 0.4) is 0 Å². The number of amides is 1. The Kier molecular flexibility index (Phi) is 6.61. The SMILES string of the molecule is CC1CN(S(=O)(=O)c2ccc(C(=O)NC(C(=O)O)C(C)C)cc2)CC(C)O1. The van der Waals surface area contributed by atoms with E-state index < -0.39 is 27.9 Å². The molecule has 8 nitrogen and oxygen atoms in total. The third-order valence-electron chi connectivity index (χ3n) is 4.36. The minimum atomic E-state index is -3.69. The lowest BCUT2D eigenvalue weighted by Crippen LogP contribution is -2.48. The topological polar surface area (TPSA) is 113 Å². The van der Waals surface area contributed by atoms with Gasteiger partial charge in [-0.2, -0.15) is 4.31 Å². The van der Waals surface area contributed by atoms with Crippen LogP contribution in [0.2, 0.25) is 0 Å². The van der Waals surface area contributed by atoms with Crippen LogP contribution in [0.1, 0.15) is 38.1 Å². The number of rotatable bonds is 6. The molecule has 1 saturated heterocycles. The van der Waals surface area contributed by atoms with Gasteiger partial charge in [-0.3, -0.25) is 4.79 Å². The molecule has 9 heteroatoms. The molecule has 1 fully saturated rings. The van der Waals surface area contributed by atoms with Gasteiger partial charge in [0.1, 0.15) is 6.04 Å². The maximum atomic E-state index is 12.8. The second-order valence-corrected chi connectivity index (χ2v) is 9.08. The number of benzene rings is 1. The Morgan fingerprint density at radius 2 is 1.67 bits per heavy atom. The standard InChI is InChI=1S/C18H26N2O6S/c1-11(2)16(18(22)23)19-17(21)14-5-7-15(8-6-14)27(24,25)20-9-12(3)26-13(4)10-20/h5-8,11-13,16H,9-10H2,1-4H3,(H,19,21)(H,22,23). The van der Waals surface area contributed by atoms with E-state index in [1.54, 1.807) is 13.8 Å². The molecule has 0 radical (unpaired) electrons. The first-order valence-corrected chi connectivity index (χ1v) is 10.3. The second-order valence-electron chi connectivity index (χ2n) is 7.14. The number of nitrogens with zero attached hydrogens (tertiary/aromatic N) is 1. The van der Waals surface area contributed by atoms with Gasteiger partial charge in [-0.25, -0.2) is 13.2 Å². The van der Waals surface area contributed by atoms with Crippen LogP contribution in [0.4, 0.5) is 0 Å². The highest BCUT2D eigenvalue weighted by molar-refractivity contribution is 7.89. The highest BCUT2D eigenvalue weighted by Gasteiger charge is 2.32. The van der Waals surface area contributed by atoms with E-state index in [0.29, 0.717) is 0 Å². The normalized spacial score (nSPS) is 22.4. The molecule has 0 saturated carbocycles. The second kappa shape index (κ2) is 8.37. The quantitative estimate of drug-likeness (QED) is 0.747. The van der Waals surface area contributed by atoms with E-state index in [2.05, 4.69) is 5.32 Å². The van der Waals surface area contributed by atoms with E-state index >= 15 is 0 Å². The van der Waals surface area contributed by atoms with Gasteiger partial charge < -0.3 is 15.2 Å². The zero-order valence-electron chi connectivity index (χ0n) is 15.9. The summed E-state index contributed by atoms with van der Waals surface area (Å²) >= 11 is 0. The number of carbonyl (C=O) groups is 2. The number of hydrogen-bond donors (Lipinski definition) is 2. The zero-order valence-corrected chi connectivity index (χ0v) is 16.7. The van der Waals surface area contributed by atoms with Crippen molar-refractivity contribution in [3.8, 4) is 0 Å². The molecule has 150 valence electrons. The summed E-state index contributed by atoms with van der Waals surface area (Å²) in [6.45, 7) is 7.56. The molecular weight excluding hydrogens is 372 g/mol. The number of carbonyl (C=O) groups excluding carboxylic acids is 1. The number of hydrogen-bond acceptors (Lipinski definition) is 5. The van der Waals surface area contributed by atoms with Crippen molar-refractivity contribution >= 4 is 21.9 Å². The molecule has 1 aromatic rings. The summed E-state index contributed by atoms with van der Waals surface area (Å²) in [5, 5.41) is 11.6. The maximum Gasteiger partial charge on any atom is 0.326 e. The fourth-order valence-electron chi connectivity index (χ4n) is 2.99. The van der Waals surface area contributed by atoms with Crippen molar-refractivity contribution in [3.05, 3.63) is 29.8 Å². The van der Waals surface area contributed by atoms with Crippen LogP contribution >= 0.6 is 0 Å². The number of sulfonamides is 1. The molecule has 0 aliphatic carbocycles. The first-order chi connectivity index (χ1) is 12.5. The summed E-state index contributed by atoms with van der Waals surface area (Å²) in [4.78, 5) is 23.6. The monoisotopic (exact) mass is 398 g/mol. The fourth-order valence-corrected chi connectivity index (χ4v) is 4.58. The van der Waals surface area contributed by atoms with Crippen LogP contribution in [0.15, 0.2) is 29.2 Å². The van der Waals surface area contributed by atoms with Crippen LogP contribution in [0, 0.1) is 5.92 Å². The molecule has 2 rings (SSSR count). The molecule has 1 amide bonds. The Hall–Kier alpha value is -1.97. The molecule has 2 N–H and O–H groups in total. The zero-order chi connectivity index (χ0) is 20.4. The number of carboxylic acid groups (broad SMARTS) is 1. The van der Waals surface area contributed by atoms with Gasteiger partial charge in [0, 0.05) is 18.7 Å². The molecule has 1 aliphatic rings. The average molecular weight is 398 g/mol. The smallest absolute Gasteiger partial charge is 0.326 e. The van der Waals surface area contributed by atoms with Gasteiger partial charge in [0.15, 0.2) is 0 Å². The molecule has 0 aromatic heterocycles. The molecular formula is C18H26N2O6S. The van der Waals surface area contributed by atoms with Crippen LogP contribution in [0.5, 0.6) is 0 Å². The highest BCUT2D eigenvalue weighted by Crippen LogP contribution is 2.21. The van der Waals surface area contributed by atoms with Crippen LogP contribution < -0.4 is 5.32 Å². The minimum Gasteiger partial charge on any atom is -0.480 e. The molecule has 27 heavy (non-hydrogen) atoms. The van der Waals surface area contributed by atoms with E-state index in [-0.39, 0.29) is 41.7 Å². The van der Waals surface area contributed by atoms with E-state index in [9.17, 15) is 18.0 Å². The van der Waals surface area contributed by atoms with Crippen LogP contribution in [0.25, 0.3) is 0 Å². The number of aliphatic carboxylic acids is 1. The van der Waals surface area contributed by atoms with Gasteiger partial charge in [0.2, 0.25) is 10.0 Å². The predicted molar refractivity (Wildman–Crippen MR) is 98.9 cm³/mol. The van der Waals surface area contributed by atoms with Crippen molar-refractivity contribution in [1.82, 2.24) is 9.62 Å². The summed E-state index contributed by atoms with van der Waals surface area (Å²) in [5.41, 5.74) is 0.199. The first-order valence-electron chi connectivity index (χ1n) is 8.81. The summed E-state index contributed by atoms with van der Waals surface area (Å²) in [7, 11) is -3.69. The Balaban J connectivity index is 2.16. The summed E-state index contributed by atoms with van der Waals surface area (Å²) in [6, 6.07) is 4.47. The third kappa shape index (κ3) is 5.06. The lowest BCUT2D eigenvalue weighted by atomic mass is 10.0. The number of ether oxygens (including phenoxy) is 1. The van der Waals surface area contributed by atoms with Gasteiger partial charge in [-0.15, -0.1) is 0 Å². The number of carboxylic acids is 1. The molecule has 3 unspecified atom stereocenters. The Morgan fingerprint density at radius 3 is 2.11 bits per heavy atom. The number of morpholine rings is 1. The molecule has 1 aliphatic heterocycles. The van der Waals surface area contributed by atoms with Crippen molar-refractivity contribution in [2.45, 2.75) is 50.8 Å². The Bertz CT molecular complexity index is 781. The average Bonchev–Trinajstić information content (AvgIpc) is 2.58. The van der Waals surface area contributed by atoms with Gasteiger partial charge in [0.25, 0.3) is 5.91 Å². The minimum absolute atomic E-state index is 0.0824. The number of nitrogens with one attached hydrogen (secondary N) is 1. The van der Waals surface area contributed by atoms with Crippen LogP contribution in [-0.2, 0) is 19.6 Å². The van der Waals surface area contributed by atoms with Gasteiger partial charge >= 0.3 is 5.97 Å². The first kappa shape index (κ1) is 21.3. The largest absolute Gasteiger partial charge is 0.480 e. The molecule has 3 atom stereocenters. The van der Waals surface area contributed by atoms with Crippen molar-refractivity contribution in [2.24, 2.45) is 5.92 Å². The molecule has 0 bridgehead atoms. The lowest BCUT2D eigenvalue weighted by Gasteiger charge is -2.34. The van der Waals surface area contributed by atoms with Crippen molar-refractivity contribution in [1.29, 1.82) is 0 Å². The fraction of sp³-hybridized carbons (Fsp3) is 0.556. The van der Waals surface area contributed by atoms with Gasteiger partial charge in [-0.05, 0) is 44.0 Å². The van der Waals surface area contributed by atoms with Crippen molar-refractivity contribution in [2.75, 3.05) is 13.1 Å². The van der Waals surface area contributed by atoms with Gasteiger partial charge in [-0.1, -0.05) is 13.8 Å². The third-order valence-corrected chi connectivity index (χ3v) is 6.21. The molecule has 1 aromatic carbocycles. The maximum absolute atomic E-state index is 12.8. The van der Waals surface area contributed by atoms with E-state index in [1.807, 2.05) is 13.8 Å². The lowest BCUT2D eigenvalue weighted by molar-refractivity contribution is -0.140. The predicted octanol–water partition coefficient (Wildman–Crippen LogP) is 1.32. The summed E-state index contributed by atoms with van der Waals surface area (Å²) < 4.78 is 32.6. The molecule has 0 spiro atoms. The Labute approximate surface area is 159 Å². The van der Waals surface area contributed by atoms with E-state index in [4.69, 9.17) is 9.84 Å². The van der Waals surface area contributed by atoms with Crippen molar-refractivity contribution in [3.63, 3.8) is 0 Å². The highest BCUT2D eigenvalue weighted by atomic mass is 32.2. The van der Waals surface area contributed by atoms with Gasteiger partial charge in [0.05, 0.1) is 17.1 Å². The van der Waals surface area contributed by atoms with Crippen molar-refractivity contribution < 1.29 is 27.9 Å². The van der Waals surface area contributed by atoms with E-state index in [1.165, 1.54) is 28.6 Å². The summed E-state index contributed by atoms with van der Waals surface area (Å²) in [6.07, 6.45) is -0.393. The summed E-state index contributed by atoms with van der Waals surface area (Å²) in [5.74, 6) is -1.96. The molecule has 1 heterocycles. The van der Waals surface area contributed by atoms with E-state index in [0.717, 1.165) is 0 Å².